The monoisotopic (exact) mass is 344 g/mol. The molecule has 0 saturated carbocycles. The van der Waals surface area contributed by atoms with Crippen molar-refractivity contribution in [2.45, 2.75) is 30.8 Å². The van der Waals surface area contributed by atoms with E-state index in [1.165, 1.54) is 6.07 Å². The van der Waals surface area contributed by atoms with Gasteiger partial charge in [-0.05, 0) is 37.1 Å². The second-order valence-electron chi connectivity index (χ2n) is 5.01. The summed E-state index contributed by atoms with van der Waals surface area (Å²) in [6.45, 7) is 2.63. The van der Waals surface area contributed by atoms with Gasteiger partial charge in [0.15, 0.2) is 0 Å². The summed E-state index contributed by atoms with van der Waals surface area (Å²) in [6.07, 6.45) is 0.758. The number of aromatic nitrogens is 2. The van der Waals surface area contributed by atoms with Gasteiger partial charge in [0.25, 0.3) is 0 Å². The fraction of sp³-hybridized carbons (Fsp3) is 0.333. The summed E-state index contributed by atoms with van der Waals surface area (Å²) in [5.41, 5.74) is 2.68. The quantitative estimate of drug-likeness (QED) is 0.916. The van der Waals surface area contributed by atoms with E-state index in [9.17, 15) is 8.42 Å². The van der Waals surface area contributed by atoms with Crippen LogP contribution >= 0.6 is 23.1 Å². The second kappa shape index (κ2) is 5.20. The summed E-state index contributed by atoms with van der Waals surface area (Å²) in [5.74, 6) is 0. The van der Waals surface area contributed by atoms with Gasteiger partial charge in [0, 0.05) is 23.3 Å². The predicted octanol–water partition coefficient (Wildman–Crippen LogP) is 1.79. The van der Waals surface area contributed by atoms with E-state index in [4.69, 9.17) is 16.7 Å². The van der Waals surface area contributed by atoms with Crippen LogP contribution in [0.15, 0.2) is 23.1 Å². The van der Waals surface area contributed by atoms with Gasteiger partial charge in [0.2, 0.25) is 10.0 Å². The molecule has 0 bridgehead atoms. The number of fused-ring (bicyclic) bond motifs is 1. The summed E-state index contributed by atoms with van der Waals surface area (Å²) in [4.78, 5) is 2.29. The molecule has 112 valence electrons. The topological polar surface area (TPSA) is 89.2 Å². The van der Waals surface area contributed by atoms with E-state index in [1.807, 2.05) is 0 Å². The highest BCUT2D eigenvalue weighted by atomic mass is 35.5. The zero-order valence-corrected chi connectivity index (χ0v) is 13.5. The highest BCUT2D eigenvalue weighted by Crippen LogP contribution is 2.35. The summed E-state index contributed by atoms with van der Waals surface area (Å²) >= 11 is 7.21. The van der Waals surface area contributed by atoms with Gasteiger partial charge in [-0.1, -0.05) is 16.1 Å². The van der Waals surface area contributed by atoms with Gasteiger partial charge >= 0.3 is 0 Å². The molecule has 2 N–H and O–H groups in total. The van der Waals surface area contributed by atoms with Gasteiger partial charge in [0.05, 0.1) is 11.4 Å². The molecule has 1 atom stereocenters. The molecular weight excluding hydrogens is 332 g/mol. The van der Waals surface area contributed by atoms with Crippen LogP contribution in [0, 0.1) is 0 Å². The number of anilines is 1. The van der Waals surface area contributed by atoms with E-state index in [0.29, 0.717) is 10.9 Å². The first-order valence-corrected chi connectivity index (χ1v) is 8.95. The number of hydrogen-bond donors (Lipinski definition) is 1. The van der Waals surface area contributed by atoms with Gasteiger partial charge < -0.3 is 4.90 Å². The third-order valence-corrected chi connectivity index (χ3v) is 5.46. The average molecular weight is 345 g/mol. The Labute approximate surface area is 131 Å². The number of primary sulfonamides is 1. The first-order chi connectivity index (χ1) is 9.86. The molecule has 0 unspecified atom stereocenters. The molecule has 9 heteroatoms. The van der Waals surface area contributed by atoms with Crippen LogP contribution in [0.1, 0.15) is 18.2 Å². The normalized spacial score (nSPS) is 18.0. The van der Waals surface area contributed by atoms with Crippen molar-refractivity contribution < 1.29 is 8.42 Å². The Morgan fingerprint density at radius 1 is 1.52 bits per heavy atom. The molecule has 0 spiro atoms. The van der Waals surface area contributed by atoms with Crippen LogP contribution in [0.3, 0.4) is 0 Å². The van der Waals surface area contributed by atoms with Crippen molar-refractivity contribution in [3.8, 4) is 0 Å². The van der Waals surface area contributed by atoms with E-state index in [2.05, 4.69) is 21.4 Å². The summed E-state index contributed by atoms with van der Waals surface area (Å²) in [5, 5.41) is 9.20. The molecule has 6 nitrogen and oxygen atoms in total. The number of sulfonamides is 1. The molecule has 0 radical (unpaired) electrons. The van der Waals surface area contributed by atoms with E-state index in [-0.39, 0.29) is 10.9 Å². The molecule has 1 aromatic carbocycles. The molecule has 2 heterocycles. The van der Waals surface area contributed by atoms with Crippen molar-refractivity contribution in [1.82, 2.24) is 9.59 Å². The van der Waals surface area contributed by atoms with Crippen LogP contribution in [-0.2, 0) is 23.0 Å². The zero-order valence-electron chi connectivity index (χ0n) is 11.2. The van der Waals surface area contributed by atoms with Gasteiger partial charge in [-0.15, -0.1) is 5.10 Å². The Bertz CT molecular complexity index is 790. The Morgan fingerprint density at radius 3 is 2.90 bits per heavy atom. The highest BCUT2D eigenvalue weighted by molar-refractivity contribution is 7.89. The van der Waals surface area contributed by atoms with Crippen molar-refractivity contribution in [2.75, 3.05) is 4.90 Å². The maximum Gasteiger partial charge on any atom is 0.238 e. The standard InChI is InChI=1S/C12H13ClN4O2S2/c1-7-4-8-5-9(21(14,18)19)2-3-11(8)17(7)6-10-12(13)20-16-15-10/h2-3,5,7H,4,6H2,1H3,(H2,14,18,19)/t7-/m0/s1. The van der Waals surface area contributed by atoms with Crippen molar-refractivity contribution in [1.29, 1.82) is 0 Å². The smallest absolute Gasteiger partial charge is 0.238 e. The molecule has 0 fully saturated rings. The molecule has 21 heavy (non-hydrogen) atoms. The Kier molecular flexibility index (Phi) is 3.64. The third kappa shape index (κ3) is 2.76. The van der Waals surface area contributed by atoms with E-state index in [0.717, 1.165) is 34.9 Å². The van der Waals surface area contributed by atoms with Crippen molar-refractivity contribution in [2.24, 2.45) is 5.14 Å². The van der Waals surface area contributed by atoms with E-state index < -0.39 is 10.0 Å². The number of nitrogens with zero attached hydrogens (tertiary/aromatic N) is 3. The first kappa shape index (κ1) is 14.7. The fourth-order valence-electron chi connectivity index (χ4n) is 2.54. The highest BCUT2D eigenvalue weighted by Gasteiger charge is 2.28. The second-order valence-corrected chi connectivity index (χ2v) is 7.93. The lowest BCUT2D eigenvalue weighted by Gasteiger charge is -2.23. The average Bonchev–Trinajstić information content (AvgIpc) is 2.93. The fourth-order valence-corrected chi connectivity index (χ4v) is 3.72. The first-order valence-electron chi connectivity index (χ1n) is 6.25. The van der Waals surface area contributed by atoms with Crippen LogP contribution in [0.4, 0.5) is 5.69 Å². The molecule has 3 rings (SSSR count). The number of halogens is 1. The van der Waals surface area contributed by atoms with Gasteiger partial charge in [-0.2, -0.15) is 0 Å². The van der Waals surface area contributed by atoms with Crippen molar-refractivity contribution in [3.63, 3.8) is 0 Å². The minimum Gasteiger partial charge on any atom is -0.362 e. The molecule has 0 aliphatic carbocycles. The number of hydrogen-bond acceptors (Lipinski definition) is 6. The maximum atomic E-state index is 11.4. The predicted molar refractivity (Wildman–Crippen MR) is 82.1 cm³/mol. The summed E-state index contributed by atoms with van der Waals surface area (Å²) < 4.78 is 27.3. The molecule has 1 aliphatic heterocycles. The van der Waals surface area contributed by atoms with Crippen LogP contribution in [0.2, 0.25) is 4.34 Å². The lowest BCUT2D eigenvalue weighted by Crippen LogP contribution is -2.28. The Hall–Kier alpha value is -1.22. The molecule has 0 saturated heterocycles. The van der Waals surface area contributed by atoms with Gasteiger partial charge in [-0.3, -0.25) is 0 Å². The van der Waals surface area contributed by atoms with Crippen LogP contribution in [0.25, 0.3) is 0 Å². The number of rotatable bonds is 3. The zero-order chi connectivity index (χ0) is 15.2. The van der Waals surface area contributed by atoms with E-state index >= 15 is 0 Å². The lowest BCUT2D eigenvalue weighted by molar-refractivity contribution is 0.597. The van der Waals surface area contributed by atoms with Gasteiger partial charge in [0.1, 0.15) is 10.0 Å². The number of benzene rings is 1. The molecule has 1 aromatic heterocycles. The van der Waals surface area contributed by atoms with Crippen LogP contribution < -0.4 is 10.0 Å². The minimum atomic E-state index is -3.68. The molecule has 2 aromatic rings. The number of nitrogens with two attached hydrogens (primary N) is 1. The maximum absolute atomic E-state index is 11.4. The lowest BCUT2D eigenvalue weighted by atomic mass is 10.1. The largest absolute Gasteiger partial charge is 0.362 e. The SMILES string of the molecule is C[C@H]1Cc2cc(S(N)(=O)=O)ccc2N1Cc1nnsc1Cl. The minimum absolute atomic E-state index is 0.142. The third-order valence-electron chi connectivity index (χ3n) is 3.57. The van der Waals surface area contributed by atoms with Crippen molar-refractivity contribution in [3.05, 3.63) is 33.8 Å². The Morgan fingerprint density at radius 2 is 2.29 bits per heavy atom. The van der Waals surface area contributed by atoms with Crippen LogP contribution in [-0.4, -0.2) is 24.0 Å². The molecule has 1 aliphatic rings. The van der Waals surface area contributed by atoms with E-state index in [1.54, 1.807) is 12.1 Å². The molecule has 0 amide bonds. The van der Waals surface area contributed by atoms with Gasteiger partial charge in [-0.25, -0.2) is 13.6 Å². The summed E-state index contributed by atoms with van der Waals surface area (Å²) in [7, 11) is -3.68. The Balaban J connectivity index is 1.95. The van der Waals surface area contributed by atoms with Crippen LogP contribution in [0.5, 0.6) is 0 Å². The molecular formula is C12H13ClN4O2S2. The van der Waals surface area contributed by atoms with Crippen molar-refractivity contribution >= 4 is 38.8 Å². The summed E-state index contributed by atoms with van der Waals surface area (Å²) in [6, 6.07) is 5.18.